The van der Waals surface area contributed by atoms with Gasteiger partial charge in [-0.2, -0.15) is 18.3 Å². The first-order chi connectivity index (χ1) is 16.0. The fourth-order valence-electron chi connectivity index (χ4n) is 3.42. The number of nitrogens with one attached hydrogen (secondary N) is 2. The number of alkyl halides is 3. The van der Waals surface area contributed by atoms with E-state index in [2.05, 4.69) is 44.8 Å². The fraction of sp³-hybridized carbons (Fsp3) is 0.217. The minimum atomic E-state index is -5.08. The van der Waals surface area contributed by atoms with Crippen LogP contribution in [0.4, 0.5) is 13.2 Å². The fourth-order valence-corrected chi connectivity index (χ4v) is 3.42. The molecule has 2 aromatic heterocycles. The van der Waals surface area contributed by atoms with Crippen molar-refractivity contribution in [3.05, 3.63) is 71.0 Å². The van der Waals surface area contributed by atoms with Gasteiger partial charge in [-0.15, -0.1) is 0 Å². The molecule has 4 aromatic rings. The zero-order valence-electron chi connectivity index (χ0n) is 18.3. The number of hydrogen-bond acceptors (Lipinski definition) is 5. The lowest BCUT2D eigenvalue weighted by atomic mass is 10.0. The van der Waals surface area contributed by atoms with Crippen LogP contribution >= 0.6 is 0 Å². The highest BCUT2D eigenvalue weighted by Crippen LogP contribution is 2.23. The van der Waals surface area contributed by atoms with Crippen molar-refractivity contribution in [1.29, 1.82) is 0 Å². The Kier molecular flexibility index (Phi) is 7.16. The van der Waals surface area contributed by atoms with Crippen LogP contribution in [0.15, 0.2) is 48.5 Å². The molecule has 0 bridgehead atoms. The van der Waals surface area contributed by atoms with E-state index in [0.29, 0.717) is 17.8 Å². The molecule has 0 saturated heterocycles. The minimum absolute atomic E-state index is 0.182. The van der Waals surface area contributed by atoms with Crippen LogP contribution in [0.3, 0.4) is 0 Å². The quantitative estimate of drug-likeness (QED) is 0.356. The van der Waals surface area contributed by atoms with Crippen LogP contribution in [0.25, 0.3) is 21.8 Å². The number of carboxylic acid groups (broad SMARTS) is 1. The molecule has 0 aliphatic rings. The van der Waals surface area contributed by atoms with Crippen molar-refractivity contribution in [1.82, 2.24) is 20.5 Å². The number of aromatic amines is 1. The monoisotopic (exact) mass is 473 g/mol. The normalized spacial score (nSPS) is 12.2. The van der Waals surface area contributed by atoms with E-state index in [1.54, 1.807) is 6.07 Å². The second-order valence-corrected chi connectivity index (χ2v) is 7.53. The second kappa shape index (κ2) is 9.87. The predicted octanol–water partition coefficient (Wildman–Crippen LogP) is 3.79. The molecule has 4 rings (SSSR count). The van der Waals surface area contributed by atoms with E-state index < -0.39 is 12.1 Å². The molecule has 1 unspecified atom stereocenters. The first-order valence-electron chi connectivity index (χ1n) is 10.1. The number of fused-ring (bicyclic) bond motifs is 2. The number of carbonyl (C=O) groups excluding carboxylic acids is 1. The molecule has 0 aliphatic carbocycles. The van der Waals surface area contributed by atoms with Crippen LogP contribution in [-0.2, 0) is 4.79 Å². The Morgan fingerprint density at radius 3 is 2.38 bits per heavy atom. The predicted molar refractivity (Wildman–Crippen MR) is 120 cm³/mol. The van der Waals surface area contributed by atoms with Crippen LogP contribution in [0, 0.1) is 13.8 Å². The van der Waals surface area contributed by atoms with Gasteiger partial charge in [-0.1, -0.05) is 36.4 Å². The number of aromatic nitrogens is 3. The average molecular weight is 473 g/mol. The molecule has 2 heterocycles. The van der Waals surface area contributed by atoms with Gasteiger partial charge in [-0.3, -0.25) is 9.89 Å². The van der Waals surface area contributed by atoms with Crippen LogP contribution in [0.1, 0.15) is 33.4 Å². The van der Waals surface area contributed by atoms with E-state index in [9.17, 15) is 18.0 Å². The summed E-state index contributed by atoms with van der Waals surface area (Å²) in [6.07, 6.45) is -5.08. The van der Waals surface area contributed by atoms with Gasteiger partial charge in [0.2, 0.25) is 0 Å². The van der Waals surface area contributed by atoms with Crippen LogP contribution in [0.5, 0.6) is 0 Å². The Morgan fingerprint density at radius 2 is 1.76 bits per heavy atom. The number of halogens is 3. The third kappa shape index (κ3) is 5.49. The molecule has 34 heavy (non-hydrogen) atoms. The third-order valence-corrected chi connectivity index (χ3v) is 5.04. The summed E-state index contributed by atoms with van der Waals surface area (Å²) in [5.74, 6) is -2.94. The molecule has 0 aliphatic heterocycles. The molecular formula is C23H22F3N5O3. The van der Waals surface area contributed by atoms with E-state index in [1.807, 2.05) is 32.0 Å². The van der Waals surface area contributed by atoms with Crippen molar-refractivity contribution in [3.63, 3.8) is 0 Å². The van der Waals surface area contributed by atoms with E-state index in [1.165, 1.54) is 0 Å². The number of carboxylic acids is 1. The third-order valence-electron chi connectivity index (χ3n) is 5.04. The van der Waals surface area contributed by atoms with Gasteiger partial charge in [-0.05, 0) is 42.3 Å². The maximum Gasteiger partial charge on any atom is 0.490 e. The van der Waals surface area contributed by atoms with Crippen molar-refractivity contribution in [2.45, 2.75) is 26.1 Å². The van der Waals surface area contributed by atoms with E-state index in [4.69, 9.17) is 15.6 Å². The largest absolute Gasteiger partial charge is 0.490 e. The molecule has 0 fully saturated rings. The van der Waals surface area contributed by atoms with Crippen molar-refractivity contribution in [3.8, 4) is 0 Å². The maximum absolute atomic E-state index is 13.0. The van der Waals surface area contributed by atoms with E-state index in [-0.39, 0.29) is 11.9 Å². The molecule has 5 N–H and O–H groups in total. The van der Waals surface area contributed by atoms with Gasteiger partial charge >= 0.3 is 12.1 Å². The lowest BCUT2D eigenvalue weighted by molar-refractivity contribution is -0.192. The Balaban J connectivity index is 0.000000406. The summed E-state index contributed by atoms with van der Waals surface area (Å²) >= 11 is 0. The van der Waals surface area contributed by atoms with Crippen molar-refractivity contribution >= 4 is 33.7 Å². The Labute approximate surface area is 192 Å². The molecule has 1 atom stereocenters. The SMILES string of the molecule is Cc1cc(C(=O)NC(CN)c2ccc3ccccc3c2)c2c(C)[nH]nc2n1.O=C(O)C(F)(F)F. The lowest BCUT2D eigenvalue weighted by Crippen LogP contribution is -2.33. The highest BCUT2D eigenvalue weighted by molar-refractivity contribution is 6.06. The number of benzene rings is 2. The molecule has 178 valence electrons. The van der Waals surface area contributed by atoms with Gasteiger partial charge in [0.25, 0.3) is 5.91 Å². The van der Waals surface area contributed by atoms with Crippen molar-refractivity contribution < 1.29 is 27.9 Å². The number of aryl methyl sites for hydroxylation is 2. The van der Waals surface area contributed by atoms with Gasteiger partial charge in [0.1, 0.15) is 0 Å². The van der Waals surface area contributed by atoms with Crippen molar-refractivity contribution in [2.24, 2.45) is 5.73 Å². The van der Waals surface area contributed by atoms with Crippen molar-refractivity contribution in [2.75, 3.05) is 6.54 Å². The Morgan fingerprint density at radius 1 is 1.12 bits per heavy atom. The van der Waals surface area contributed by atoms with Crippen LogP contribution in [-0.4, -0.2) is 44.9 Å². The topological polar surface area (TPSA) is 134 Å². The van der Waals surface area contributed by atoms with Crippen LogP contribution < -0.4 is 11.1 Å². The molecular weight excluding hydrogens is 451 g/mol. The van der Waals surface area contributed by atoms with E-state index in [0.717, 1.165) is 33.1 Å². The number of amides is 1. The number of pyridine rings is 1. The standard InChI is InChI=1S/C21H21N5O.C2HF3O2/c1-12-9-17(19-13(2)25-26-20(19)23-12)21(27)24-18(11-22)16-8-7-14-5-3-4-6-15(14)10-16;3-2(4,5)1(6)7/h3-10,18H,11,22H2,1-2H3,(H,24,27)(H,23,25,26);(H,6,7). The zero-order valence-corrected chi connectivity index (χ0v) is 18.3. The summed E-state index contributed by atoms with van der Waals surface area (Å²) in [5, 5.41) is 20.3. The van der Waals surface area contributed by atoms with E-state index >= 15 is 0 Å². The summed E-state index contributed by atoms with van der Waals surface area (Å²) in [6.45, 7) is 4.04. The van der Waals surface area contributed by atoms with Gasteiger partial charge in [0.15, 0.2) is 5.65 Å². The maximum atomic E-state index is 13.0. The first kappa shape index (κ1) is 24.6. The highest BCUT2D eigenvalue weighted by atomic mass is 19.4. The molecule has 11 heteroatoms. The number of rotatable bonds is 4. The molecule has 8 nitrogen and oxygen atoms in total. The number of carbonyl (C=O) groups is 2. The number of aliphatic carboxylic acids is 1. The Hall–Kier alpha value is -3.99. The first-order valence-corrected chi connectivity index (χ1v) is 10.1. The van der Waals surface area contributed by atoms with Gasteiger partial charge < -0.3 is 16.2 Å². The number of nitrogens with zero attached hydrogens (tertiary/aromatic N) is 2. The molecule has 0 saturated carbocycles. The number of nitrogens with two attached hydrogens (primary N) is 1. The second-order valence-electron chi connectivity index (χ2n) is 7.53. The summed E-state index contributed by atoms with van der Waals surface area (Å²) in [6, 6.07) is 15.8. The number of hydrogen-bond donors (Lipinski definition) is 4. The summed E-state index contributed by atoms with van der Waals surface area (Å²) in [5.41, 5.74) is 9.63. The van der Waals surface area contributed by atoms with Gasteiger partial charge in [0, 0.05) is 17.9 Å². The van der Waals surface area contributed by atoms with Crippen LogP contribution in [0.2, 0.25) is 0 Å². The van der Waals surface area contributed by atoms with Gasteiger partial charge in [0.05, 0.1) is 17.0 Å². The lowest BCUT2D eigenvalue weighted by Gasteiger charge is -2.18. The zero-order chi connectivity index (χ0) is 25.0. The molecule has 2 aromatic carbocycles. The highest BCUT2D eigenvalue weighted by Gasteiger charge is 2.38. The summed E-state index contributed by atoms with van der Waals surface area (Å²) < 4.78 is 31.7. The minimum Gasteiger partial charge on any atom is -0.475 e. The molecule has 0 spiro atoms. The summed E-state index contributed by atoms with van der Waals surface area (Å²) in [7, 11) is 0. The molecule has 1 amide bonds. The van der Waals surface area contributed by atoms with Gasteiger partial charge in [-0.25, -0.2) is 9.78 Å². The number of H-pyrrole nitrogens is 1. The Bertz CT molecular complexity index is 1350. The summed E-state index contributed by atoms with van der Waals surface area (Å²) in [4.78, 5) is 26.3. The molecule has 0 radical (unpaired) electrons. The smallest absolute Gasteiger partial charge is 0.475 e. The average Bonchev–Trinajstić information content (AvgIpc) is 3.16.